The van der Waals surface area contributed by atoms with E-state index in [0.29, 0.717) is 12.3 Å². The van der Waals surface area contributed by atoms with Gasteiger partial charge in [-0.3, -0.25) is 4.79 Å². The number of carbonyl (C=O) groups is 1. The van der Waals surface area contributed by atoms with Crippen molar-refractivity contribution >= 4 is 11.6 Å². The number of carbonyl (C=O) groups excluding carboxylic acids is 1. The quantitative estimate of drug-likeness (QED) is 0.746. The highest BCUT2D eigenvalue weighted by Crippen LogP contribution is 2.29. The van der Waals surface area contributed by atoms with Gasteiger partial charge in [0.25, 0.3) is 0 Å². The van der Waals surface area contributed by atoms with E-state index in [1.807, 2.05) is 17.0 Å². The van der Waals surface area contributed by atoms with Crippen LogP contribution in [0.2, 0.25) is 0 Å². The van der Waals surface area contributed by atoms with Gasteiger partial charge in [-0.05, 0) is 73.9 Å². The number of anilines is 1. The van der Waals surface area contributed by atoms with Gasteiger partial charge in [-0.2, -0.15) is 0 Å². The zero-order chi connectivity index (χ0) is 19.3. The van der Waals surface area contributed by atoms with Crippen molar-refractivity contribution in [2.45, 2.75) is 44.4 Å². The van der Waals surface area contributed by atoms with Crippen LogP contribution in [0.25, 0.3) is 0 Å². The van der Waals surface area contributed by atoms with Crippen LogP contribution in [-0.2, 0) is 11.2 Å². The minimum absolute atomic E-state index is 0.144. The SMILES string of the molecule is O=C1CCCCN1c1ccccc1CCN1CCCC(c2cccc(F)c2)C1. The summed E-state index contributed by atoms with van der Waals surface area (Å²) in [6, 6.07) is 15.4. The Bertz CT molecular complexity index is 822. The molecule has 1 amide bonds. The summed E-state index contributed by atoms with van der Waals surface area (Å²) in [6.45, 7) is 3.89. The second kappa shape index (κ2) is 8.87. The summed E-state index contributed by atoms with van der Waals surface area (Å²) in [5, 5.41) is 0. The molecule has 2 fully saturated rings. The number of hydrogen-bond acceptors (Lipinski definition) is 2. The van der Waals surface area contributed by atoms with Crippen molar-refractivity contribution in [1.29, 1.82) is 0 Å². The highest BCUT2D eigenvalue weighted by molar-refractivity contribution is 5.94. The molecular weight excluding hydrogens is 351 g/mol. The summed E-state index contributed by atoms with van der Waals surface area (Å²) >= 11 is 0. The molecule has 4 heteroatoms. The van der Waals surface area contributed by atoms with Crippen LogP contribution >= 0.6 is 0 Å². The fraction of sp³-hybridized carbons (Fsp3) is 0.458. The van der Waals surface area contributed by atoms with Gasteiger partial charge in [0.2, 0.25) is 5.91 Å². The Balaban J connectivity index is 1.41. The lowest BCUT2D eigenvalue weighted by atomic mass is 9.90. The zero-order valence-corrected chi connectivity index (χ0v) is 16.4. The van der Waals surface area contributed by atoms with Gasteiger partial charge in [-0.1, -0.05) is 30.3 Å². The third-order valence-electron chi connectivity index (χ3n) is 6.13. The van der Waals surface area contributed by atoms with Crippen LogP contribution in [-0.4, -0.2) is 37.0 Å². The highest BCUT2D eigenvalue weighted by atomic mass is 19.1. The molecule has 1 atom stereocenters. The molecule has 2 aromatic carbocycles. The Morgan fingerprint density at radius 1 is 1.00 bits per heavy atom. The second-order valence-electron chi connectivity index (χ2n) is 8.08. The number of rotatable bonds is 5. The molecule has 2 saturated heterocycles. The lowest BCUT2D eigenvalue weighted by Gasteiger charge is -2.34. The van der Waals surface area contributed by atoms with Gasteiger partial charge in [-0.25, -0.2) is 4.39 Å². The Morgan fingerprint density at radius 3 is 2.75 bits per heavy atom. The lowest BCUT2D eigenvalue weighted by molar-refractivity contribution is -0.119. The van der Waals surface area contributed by atoms with Gasteiger partial charge in [0.1, 0.15) is 5.82 Å². The lowest BCUT2D eigenvalue weighted by Crippen LogP contribution is -2.37. The van der Waals surface area contributed by atoms with E-state index in [2.05, 4.69) is 29.2 Å². The first-order valence-corrected chi connectivity index (χ1v) is 10.6. The van der Waals surface area contributed by atoms with E-state index in [4.69, 9.17) is 0 Å². The Labute approximate surface area is 167 Å². The monoisotopic (exact) mass is 380 g/mol. The van der Waals surface area contributed by atoms with Crippen molar-refractivity contribution in [1.82, 2.24) is 4.90 Å². The van der Waals surface area contributed by atoms with E-state index in [-0.39, 0.29) is 11.7 Å². The smallest absolute Gasteiger partial charge is 0.226 e. The molecule has 3 nitrogen and oxygen atoms in total. The van der Waals surface area contributed by atoms with E-state index in [9.17, 15) is 9.18 Å². The Kier molecular flexibility index (Phi) is 6.06. The third kappa shape index (κ3) is 4.44. The number of nitrogens with zero attached hydrogens (tertiary/aromatic N) is 2. The summed E-state index contributed by atoms with van der Waals surface area (Å²) in [5.74, 6) is 0.515. The first-order chi connectivity index (χ1) is 13.7. The summed E-state index contributed by atoms with van der Waals surface area (Å²) in [6.07, 6.45) is 5.96. The Hall–Kier alpha value is -2.20. The van der Waals surface area contributed by atoms with Crippen molar-refractivity contribution in [3.63, 3.8) is 0 Å². The average Bonchev–Trinajstić information content (AvgIpc) is 2.73. The number of halogens is 1. The second-order valence-corrected chi connectivity index (χ2v) is 8.08. The van der Waals surface area contributed by atoms with Crippen LogP contribution in [0.4, 0.5) is 10.1 Å². The van der Waals surface area contributed by atoms with E-state index >= 15 is 0 Å². The third-order valence-corrected chi connectivity index (χ3v) is 6.13. The van der Waals surface area contributed by atoms with Crippen LogP contribution in [0, 0.1) is 5.82 Å². The number of para-hydroxylation sites is 1. The molecule has 2 aromatic rings. The minimum Gasteiger partial charge on any atom is -0.312 e. The number of likely N-dealkylation sites (tertiary alicyclic amines) is 1. The maximum Gasteiger partial charge on any atom is 0.226 e. The van der Waals surface area contributed by atoms with Gasteiger partial charge in [0.15, 0.2) is 0 Å². The Morgan fingerprint density at radius 2 is 1.89 bits per heavy atom. The van der Waals surface area contributed by atoms with Crippen molar-refractivity contribution < 1.29 is 9.18 Å². The average molecular weight is 381 g/mol. The van der Waals surface area contributed by atoms with Crippen LogP contribution in [0.1, 0.15) is 49.1 Å². The van der Waals surface area contributed by atoms with Gasteiger partial charge in [0, 0.05) is 31.7 Å². The number of amides is 1. The van der Waals surface area contributed by atoms with Crippen LogP contribution in [0.15, 0.2) is 48.5 Å². The first kappa shape index (κ1) is 19.1. The molecule has 1 unspecified atom stereocenters. The van der Waals surface area contributed by atoms with E-state index < -0.39 is 0 Å². The number of benzene rings is 2. The van der Waals surface area contributed by atoms with E-state index in [1.165, 1.54) is 11.6 Å². The van der Waals surface area contributed by atoms with Crippen LogP contribution < -0.4 is 4.90 Å². The predicted octanol–water partition coefficient (Wildman–Crippen LogP) is 4.76. The summed E-state index contributed by atoms with van der Waals surface area (Å²) < 4.78 is 13.6. The number of hydrogen-bond donors (Lipinski definition) is 0. The minimum atomic E-state index is -0.144. The van der Waals surface area contributed by atoms with Crippen molar-refractivity contribution in [2.24, 2.45) is 0 Å². The summed E-state index contributed by atoms with van der Waals surface area (Å²) in [5.41, 5.74) is 3.46. The van der Waals surface area contributed by atoms with Crippen molar-refractivity contribution in [3.05, 3.63) is 65.5 Å². The molecule has 0 saturated carbocycles. The van der Waals surface area contributed by atoms with Crippen molar-refractivity contribution in [3.8, 4) is 0 Å². The molecule has 148 valence electrons. The maximum absolute atomic E-state index is 13.6. The molecule has 0 spiro atoms. The molecule has 4 rings (SSSR count). The molecule has 0 aromatic heterocycles. The summed E-state index contributed by atoms with van der Waals surface area (Å²) in [7, 11) is 0. The first-order valence-electron chi connectivity index (χ1n) is 10.6. The fourth-order valence-electron chi connectivity index (χ4n) is 4.62. The molecule has 28 heavy (non-hydrogen) atoms. The largest absolute Gasteiger partial charge is 0.312 e. The molecule has 2 aliphatic heterocycles. The molecule has 0 radical (unpaired) electrons. The molecule has 0 N–H and O–H groups in total. The van der Waals surface area contributed by atoms with Crippen LogP contribution in [0.5, 0.6) is 0 Å². The normalized spacial score (nSPS) is 21.1. The molecule has 0 aliphatic carbocycles. The van der Waals surface area contributed by atoms with Gasteiger partial charge in [-0.15, -0.1) is 0 Å². The van der Waals surface area contributed by atoms with Gasteiger partial charge < -0.3 is 9.80 Å². The predicted molar refractivity (Wildman–Crippen MR) is 111 cm³/mol. The topological polar surface area (TPSA) is 23.6 Å². The standard InChI is InChI=1S/C24H29FN2O/c25-22-10-5-8-20(17-22)21-9-6-14-26(18-21)16-13-19-7-1-2-11-23(19)27-15-4-3-12-24(27)28/h1-2,5,7-8,10-11,17,21H,3-4,6,9,12-16,18H2. The van der Waals surface area contributed by atoms with Gasteiger partial charge >= 0.3 is 0 Å². The molecule has 2 heterocycles. The van der Waals surface area contributed by atoms with Crippen molar-refractivity contribution in [2.75, 3.05) is 31.1 Å². The maximum atomic E-state index is 13.6. The number of piperidine rings is 2. The van der Waals surface area contributed by atoms with E-state index in [1.54, 1.807) is 6.07 Å². The van der Waals surface area contributed by atoms with Gasteiger partial charge in [0.05, 0.1) is 0 Å². The molecular formula is C24H29FN2O. The molecule has 2 aliphatic rings. The highest BCUT2D eigenvalue weighted by Gasteiger charge is 2.24. The molecule has 0 bridgehead atoms. The van der Waals surface area contributed by atoms with E-state index in [0.717, 1.165) is 69.5 Å². The van der Waals surface area contributed by atoms with Crippen LogP contribution in [0.3, 0.4) is 0 Å². The fourth-order valence-corrected chi connectivity index (χ4v) is 4.62. The summed E-state index contributed by atoms with van der Waals surface area (Å²) in [4.78, 5) is 16.8. The zero-order valence-electron chi connectivity index (χ0n) is 16.4.